The lowest BCUT2D eigenvalue weighted by Gasteiger charge is -2.22. The molecule has 0 spiro atoms. The van der Waals surface area contributed by atoms with E-state index in [-0.39, 0.29) is 6.03 Å². The number of carbonyl (C=O) groups is 1. The molecule has 2 amide bonds. The van der Waals surface area contributed by atoms with Crippen molar-refractivity contribution in [2.75, 3.05) is 37.7 Å². The number of ether oxygens (including phenoxy) is 1. The Morgan fingerprint density at radius 1 is 1.36 bits per heavy atom. The molecule has 0 aromatic carbocycles. The van der Waals surface area contributed by atoms with E-state index in [1.54, 1.807) is 12.3 Å². The van der Waals surface area contributed by atoms with Crippen LogP contribution in [0.25, 0.3) is 0 Å². The zero-order valence-electron chi connectivity index (χ0n) is 13.0. The minimum Gasteiger partial charge on any atom is -0.478 e. The van der Waals surface area contributed by atoms with Crippen LogP contribution in [0.1, 0.15) is 26.2 Å². The molecular formula is C15H23N5O2. The molecule has 1 aliphatic carbocycles. The first-order chi connectivity index (χ1) is 10.8. The predicted octanol–water partition coefficient (Wildman–Crippen LogP) is 1.26. The van der Waals surface area contributed by atoms with Crippen molar-refractivity contribution in [1.82, 2.24) is 20.2 Å². The molecule has 2 fully saturated rings. The van der Waals surface area contributed by atoms with Gasteiger partial charge in [0.1, 0.15) is 0 Å². The maximum Gasteiger partial charge on any atom is 0.317 e. The summed E-state index contributed by atoms with van der Waals surface area (Å²) in [4.78, 5) is 24.9. The predicted molar refractivity (Wildman–Crippen MR) is 83.2 cm³/mol. The highest BCUT2D eigenvalue weighted by atomic mass is 16.5. The van der Waals surface area contributed by atoms with Gasteiger partial charge in [0, 0.05) is 44.5 Å². The number of anilines is 1. The van der Waals surface area contributed by atoms with E-state index in [1.165, 1.54) is 0 Å². The topological polar surface area (TPSA) is 70.6 Å². The van der Waals surface area contributed by atoms with Crippen molar-refractivity contribution < 1.29 is 9.53 Å². The van der Waals surface area contributed by atoms with E-state index in [0.717, 1.165) is 38.9 Å². The zero-order valence-corrected chi connectivity index (χ0v) is 13.0. The SMILES string of the molecule is CCOc1ccnc(N2CCCN(C(=O)NC3CC3)CC2)n1. The Morgan fingerprint density at radius 2 is 2.23 bits per heavy atom. The molecule has 22 heavy (non-hydrogen) atoms. The second kappa shape index (κ2) is 6.81. The minimum absolute atomic E-state index is 0.0633. The van der Waals surface area contributed by atoms with E-state index in [2.05, 4.69) is 20.2 Å². The van der Waals surface area contributed by atoms with Gasteiger partial charge in [-0.25, -0.2) is 9.78 Å². The van der Waals surface area contributed by atoms with Gasteiger partial charge in [-0.2, -0.15) is 4.98 Å². The summed E-state index contributed by atoms with van der Waals surface area (Å²) >= 11 is 0. The highest BCUT2D eigenvalue weighted by molar-refractivity contribution is 5.75. The monoisotopic (exact) mass is 305 g/mol. The van der Waals surface area contributed by atoms with Crippen LogP contribution in [0.3, 0.4) is 0 Å². The van der Waals surface area contributed by atoms with Crippen molar-refractivity contribution in [1.29, 1.82) is 0 Å². The minimum atomic E-state index is 0.0633. The number of carbonyl (C=O) groups excluding carboxylic acids is 1. The van der Waals surface area contributed by atoms with E-state index < -0.39 is 0 Å². The molecule has 7 heteroatoms. The summed E-state index contributed by atoms with van der Waals surface area (Å²) in [6.45, 7) is 5.59. The maximum atomic E-state index is 12.1. The van der Waals surface area contributed by atoms with Gasteiger partial charge in [0.25, 0.3) is 0 Å². The van der Waals surface area contributed by atoms with Crippen LogP contribution in [0.15, 0.2) is 12.3 Å². The average Bonchev–Trinajstić information content (AvgIpc) is 3.33. The Hall–Kier alpha value is -2.05. The Balaban J connectivity index is 1.59. The summed E-state index contributed by atoms with van der Waals surface area (Å²) in [6.07, 6.45) is 4.86. The summed E-state index contributed by atoms with van der Waals surface area (Å²) in [7, 11) is 0. The Morgan fingerprint density at radius 3 is 3.00 bits per heavy atom. The molecule has 1 aromatic rings. The van der Waals surface area contributed by atoms with Gasteiger partial charge >= 0.3 is 6.03 Å². The van der Waals surface area contributed by atoms with Crippen molar-refractivity contribution in [2.45, 2.75) is 32.2 Å². The van der Waals surface area contributed by atoms with E-state index in [4.69, 9.17) is 4.74 Å². The maximum absolute atomic E-state index is 12.1. The highest BCUT2D eigenvalue weighted by Crippen LogP contribution is 2.19. The third-order valence-corrected chi connectivity index (χ3v) is 3.88. The molecule has 0 bridgehead atoms. The molecule has 2 aliphatic rings. The number of hydrogen-bond acceptors (Lipinski definition) is 5. The number of nitrogens with zero attached hydrogens (tertiary/aromatic N) is 4. The number of aromatic nitrogens is 2. The van der Waals surface area contributed by atoms with Gasteiger partial charge in [0.05, 0.1) is 6.61 Å². The van der Waals surface area contributed by atoms with Crippen molar-refractivity contribution in [3.05, 3.63) is 12.3 Å². The molecule has 0 atom stereocenters. The van der Waals surface area contributed by atoms with E-state index >= 15 is 0 Å². The number of urea groups is 1. The second-order valence-corrected chi connectivity index (χ2v) is 5.68. The van der Waals surface area contributed by atoms with E-state index in [0.29, 0.717) is 31.0 Å². The van der Waals surface area contributed by atoms with Gasteiger partial charge in [-0.3, -0.25) is 0 Å². The number of nitrogens with one attached hydrogen (secondary N) is 1. The molecule has 1 saturated heterocycles. The normalized spacial score (nSPS) is 18.8. The molecule has 120 valence electrons. The summed E-state index contributed by atoms with van der Waals surface area (Å²) < 4.78 is 5.43. The summed E-state index contributed by atoms with van der Waals surface area (Å²) in [6, 6.07) is 2.23. The molecule has 1 N–H and O–H groups in total. The largest absolute Gasteiger partial charge is 0.478 e. The van der Waals surface area contributed by atoms with Gasteiger partial charge < -0.3 is 19.9 Å². The van der Waals surface area contributed by atoms with Gasteiger partial charge in [-0.15, -0.1) is 0 Å². The van der Waals surface area contributed by atoms with Crippen LogP contribution in [0.5, 0.6) is 5.88 Å². The average molecular weight is 305 g/mol. The van der Waals surface area contributed by atoms with Gasteiger partial charge in [0.2, 0.25) is 11.8 Å². The van der Waals surface area contributed by atoms with Crippen molar-refractivity contribution in [2.24, 2.45) is 0 Å². The van der Waals surface area contributed by atoms with Crippen LogP contribution in [-0.4, -0.2) is 59.7 Å². The quantitative estimate of drug-likeness (QED) is 0.907. The van der Waals surface area contributed by atoms with Crippen LogP contribution in [0.4, 0.5) is 10.7 Å². The molecule has 1 aliphatic heterocycles. The standard InChI is InChI=1S/C15H23N5O2/c1-2-22-13-6-7-16-14(18-13)19-8-3-9-20(11-10-19)15(21)17-12-4-5-12/h6-7,12H,2-5,8-11H2,1H3,(H,17,21). The van der Waals surface area contributed by atoms with Crippen LogP contribution in [0.2, 0.25) is 0 Å². The van der Waals surface area contributed by atoms with Crippen molar-refractivity contribution in [3.63, 3.8) is 0 Å². The smallest absolute Gasteiger partial charge is 0.317 e. The summed E-state index contributed by atoms with van der Waals surface area (Å²) in [5.41, 5.74) is 0. The second-order valence-electron chi connectivity index (χ2n) is 5.68. The van der Waals surface area contributed by atoms with Crippen LogP contribution >= 0.6 is 0 Å². The molecule has 1 saturated carbocycles. The fourth-order valence-electron chi connectivity index (χ4n) is 2.53. The molecule has 0 radical (unpaired) electrons. The zero-order chi connectivity index (χ0) is 15.4. The molecule has 1 aromatic heterocycles. The first-order valence-corrected chi connectivity index (χ1v) is 8.02. The fourth-order valence-corrected chi connectivity index (χ4v) is 2.53. The third kappa shape index (κ3) is 3.78. The number of rotatable bonds is 4. The lowest BCUT2D eigenvalue weighted by molar-refractivity contribution is 0.201. The van der Waals surface area contributed by atoms with E-state index in [9.17, 15) is 4.79 Å². The van der Waals surface area contributed by atoms with Crippen molar-refractivity contribution >= 4 is 12.0 Å². The Labute approximate surface area is 130 Å². The summed E-state index contributed by atoms with van der Waals surface area (Å²) in [5.74, 6) is 1.27. The Kier molecular flexibility index (Phi) is 4.60. The van der Waals surface area contributed by atoms with Crippen molar-refractivity contribution in [3.8, 4) is 5.88 Å². The van der Waals surface area contributed by atoms with Gasteiger partial charge in [0.15, 0.2) is 0 Å². The first kappa shape index (κ1) is 14.9. The molecule has 3 rings (SSSR count). The molecule has 7 nitrogen and oxygen atoms in total. The van der Waals surface area contributed by atoms with Crippen LogP contribution in [-0.2, 0) is 0 Å². The Bertz CT molecular complexity index is 520. The lowest BCUT2D eigenvalue weighted by Crippen LogP contribution is -2.43. The summed E-state index contributed by atoms with van der Waals surface area (Å²) in [5, 5.41) is 3.05. The highest BCUT2D eigenvalue weighted by Gasteiger charge is 2.27. The molecule has 2 heterocycles. The number of hydrogen-bond donors (Lipinski definition) is 1. The van der Waals surface area contributed by atoms with Crippen LogP contribution < -0.4 is 15.0 Å². The molecular weight excluding hydrogens is 282 g/mol. The van der Waals surface area contributed by atoms with Gasteiger partial charge in [-0.05, 0) is 26.2 Å². The lowest BCUT2D eigenvalue weighted by atomic mass is 10.4. The first-order valence-electron chi connectivity index (χ1n) is 8.02. The fraction of sp³-hybridized carbons (Fsp3) is 0.667. The van der Waals surface area contributed by atoms with Crippen LogP contribution in [0, 0.1) is 0 Å². The number of amides is 2. The van der Waals surface area contributed by atoms with Gasteiger partial charge in [-0.1, -0.05) is 0 Å². The van der Waals surface area contributed by atoms with E-state index in [1.807, 2.05) is 11.8 Å². The molecule has 0 unspecified atom stereocenters. The third-order valence-electron chi connectivity index (χ3n) is 3.88.